The Morgan fingerprint density at radius 3 is 1.40 bits per heavy atom. The first-order valence-corrected chi connectivity index (χ1v) is 9.19. The molecule has 0 aliphatic carbocycles. The molecule has 0 saturated carbocycles. The summed E-state index contributed by atoms with van der Waals surface area (Å²) in [6, 6.07) is 0. The molecule has 0 bridgehead atoms. The highest BCUT2D eigenvalue weighted by atomic mass is 16.5. The highest BCUT2D eigenvalue weighted by Crippen LogP contribution is 1.84. The summed E-state index contributed by atoms with van der Waals surface area (Å²) in [7, 11) is 5.61. The van der Waals surface area contributed by atoms with E-state index in [1.54, 1.807) is 32.2 Å². The number of aryl methyl sites for hydroxylation is 2. The van der Waals surface area contributed by atoms with Crippen molar-refractivity contribution >= 4 is 0 Å². The third-order valence-electron chi connectivity index (χ3n) is 2.78. The summed E-state index contributed by atoms with van der Waals surface area (Å²) < 4.78 is 8.71. The van der Waals surface area contributed by atoms with E-state index < -0.39 is 0 Å². The quantitative estimate of drug-likeness (QED) is 0.817. The van der Waals surface area contributed by atoms with Gasteiger partial charge in [0.2, 0.25) is 0 Å². The number of aromatic nitrogens is 4. The van der Waals surface area contributed by atoms with E-state index in [0.29, 0.717) is 0 Å². The first kappa shape index (κ1) is 28.2. The highest BCUT2D eigenvalue weighted by Gasteiger charge is 1.95. The summed E-state index contributed by atoms with van der Waals surface area (Å²) in [5.74, 6) is 0. The van der Waals surface area contributed by atoms with Crippen LogP contribution < -0.4 is 0 Å². The van der Waals surface area contributed by atoms with Crippen molar-refractivity contribution in [1.82, 2.24) is 24.0 Å². The van der Waals surface area contributed by atoms with Gasteiger partial charge in [0.15, 0.2) is 0 Å². The summed E-state index contributed by atoms with van der Waals surface area (Å²) in [6.07, 6.45) is 10.8. The average molecular weight is 356 g/mol. The molecular formula is C19H41N5O. The lowest BCUT2D eigenvalue weighted by Crippen LogP contribution is -2.26. The van der Waals surface area contributed by atoms with Gasteiger partial charge in [-0.1, -0.05) is 41.5 Å². The van der Waals surface area contributed by atoms with Gasteiger partial charge in [0.1, 0.15) is 0 Å². The second-order valence-corrected chi connectivity index (χ2v) is 4.48. The summed E-state index contributed by atoms with van der Waals surface area (Å²) in [4.78, 5) is 9.91. The smallest absolute Gasteiger partial charge is 0.0943 e. The lowest BCUT2D eigenvalue weighted by Gasteiger charge is -2.16. The molecule has 0 amide bonds. The third-order valence-corrected chi connectivity index (χ3v) is 2.78. The lowest BCUT2D eigenvalue weighted by molar-refractivity contribution is 0.154. The molecule has 2 rings (SSSR count). The number of rotatable bonds is 5. The Morgan fingerprint density at radius 2 is 1.24 bits per heavy atom. The van der Waals surface area contributed by atoms with Crippen molar-refractivity contribution in [2.75, 3.05) is 33.4 Å². The topological polar surface area (TPSA) is 48.1 Å². The van der Waals surface area contributed by atoms with Crippen LogP contribution in [0.15, 0.2) is 37.4 Å². The fourth-order valence-electron chi connectivity index (χ4n) is 1.41. The van der Waals surface area contributed by atoms with Crippen molar-refractivity contribution in [1.29, 1.82) is 0 Å². The van der Waals surface area contributed by atoms with Crippen LogP contribution in [0.4, 0.5) is 0 Å². The van der Waals surface area contributed by atoms with E-state index >= 15 is 0 Å². The number of ether oxygens (including phenoxy) is 1. The van der Waals surface area contributed by atoms with Gasteiger partial charge >= 0.3 is 0 Å². The molecule has 2 heterocycles. The SMILES string of the molecule is CC.CC.CCN(CC)CCOC.Cn1ccnc1.Cn1ccnc1. The van der Waals surface area contributed by atoms with Gasteiger partial charge in [0.05, 0.1) is 19.3 Å². The van der Waals surface area contributed by atoms with Gasteiger partial charge in [-0.3, -0.25) is 0 Å². The number of hydrogen-bond donors (Lipinski definition) is 0. The van der Waals surface area contributed by atoms with Crippen molar-refractivity contribution in [3.63, 3.8) is 0 Å². The van der Waals surface area contributed by atoms with E-state index in [-0.39, 0.29) is 0 Å². The molecule has 25 heavy (non-hydrogen) atoms. The van der Waals surface area contributed by atoms with Crippen LogP contribution in [0.3, 0.4) is 0 Å². The monoisotopic (exact) mass is 355 g/mol. The van der Waals surface area contributed by atoms with Gasteiger partial charge in [-0.05, 0) is 13.1 Å². The molecule has 0 aliphatic rings. The van der Waals surface area contributed by atoms with Gasteiger partial charge in [-0.2, -0.15) is 0 Å². The molecule has 0 N–H and O–H groups in total. The van der Waals surface area contributed by atoms with Crippen LogP contribution in [0, 0.1) is 0 Å². The summed E-state index contributed by atoms with van der Waals surface area (Å²) in [5.41, 5.74) is 0. The molecule has 0 atom stereocenters. The van der Waals surface area contributed by atoms with Crippen LogP contribution in [0.2, 0.25) is 0 Å². The van der Waals surface area contributed by atoms with Crippen LogP contribution in [0.5, 0.6) is 0 Å². The van der Waals surface area contributed by atoms with Crippen LogP contribution in [0.1, 0.15) is 41.5 Å². The molecule has 6 heteroatoms. The van der Waals surface area contributed by atoms with Crippen LogP contribution >= 0.6 is 0 Å². The Hall–Kier alpha value is -1.66. The van der Waals surface area contributed by atoms with E-state index in [1.165, 1.54) is 0 Å². The maximum atomic E-state index is 4.93. The minimum Gasteiger partial charge on any atom is -0.383 e. The van der Waals surface area contributed by atoms with Crippen molar-refractivity contribution in [3.8, 4) is 0 Å². The van der Waals surface area contributed by atoms with E-state index in [9.17, 15) is 0 Å². The molecule has 2 aromatic heterocycles. The minimum atomic E-state index is 0.849. The molecule has 0 radical (unpaired) electrons. The Labute approximate surface area is 155 Å². The second-order valence-electron chi connectivity index (χ2n) is 4.48. The van der Waals surface area contributed by atoms with E-state index in [0.717, 1.165) is 26.2 Å². The Bertz CT molecular complexity index is 365. The fourth-order valence-corrected chi connectivity index (χ4v) is 1.41. The first-order valence-electron chi connectivity index (χ1n) is 9.19. The van der Waals surface area contributed by atoms with E-state index in [4.69, 9.17) is 4.74 Å². The zero-order chi connectivity index (χ0) is 19.9. The van der Waals surface area contributed by atoms with Crippen molar-refractivity contribution < 1.29 is 4.74 Å². The van der Waals surface area contributed by atoms with Gasteiger partial charge in [-0.25, -0.2) is 9.97 Å². The molecule has 0 aromatic carbocycles. The predicted octanol–water partition coefficient (Wildman–Crippen LogP) is 3.87. The largest absolute Gasteiger partial charge is 0.383 e. The van der Waals surface area contributed by atoms with Gasteiger partial charge in [-0.15, -0.1) is 0 Å². The van der Waals surface area contributed by atoms with E-state index in [1.807, 2.05) is 63.3 Å². The van der Waals surface area contributed by atoms with Crippen LogP contribution in [-0.2, 0) is 18.8 Å². The molecule has 2 aromatic rings. The van der Waals surface area contributed by atoms with E-state index in [2.05, 4.69) is 28.7 Å². The Morgan fingerprint density at radius 1 is 0.840 bits per heavy atom. The number of methoxy groups -OCH3 is 1. The van der Waals surface area contributed by atoms with Gasteiger partial charge in [0, 0.05) is 52.5 Å². The Balaban J connectivity index is -0.000000268. The molecule has 0 spiro atoms. The normalized spacial score (nSPS) is 8.56. The zero-order valence-electron chi connectivity index (χ0n) is 17.9. The summed E-state index contributed by atoms with van der Waals surface area (Å²) in [5, 5.41) is 0. The second kappa shape index (κ2) is 24.6. The average Bonchev–Trinajstić information content (AvgIpc) is 3.34. The molecule has 0 aliphatic heterocycles. The predicted molar refractivity (Wildman–Crippen MR) is 109 cm³/mol. The Kier molecular flexibility index (Phi) is 27.7. The number of hydrogen-bond acceptors (Lipinski definition) is 4. The molecule has 0 unspecified atom stereocenters. The summed E-state index contributed by atoms with van der Waals surface area (Å²) in [6.45, 7) is 16.5. The zero-order valence-corrected chi connectivity index (χ0v) is 17.9. The van der Waals surface area contributed by atoms with Gasteiger partial charge in [0.25, 0.3) is 0 Å². The lowest BCUT2D eigenvalue weighted by atomic mass is 10.5. The molecular weight excluding hydrogens is 314 g/mol. The number of likely N-dealkylation sites (N-methyl/N-ethyl adjacent to an activating group) is 1. The minimum absolute atomic E-state index is 0.849. The van der Waals surface area contributed by atoms with Crippen LogP contribution in [0.25, 0.3) is 0 Å². The molecule has 6 nitrogen and oxygen atoms in total. The third kappa shape index (κ3) is 22.3. The maximum absolute atomic E-state index is 4.93. The van der Waals surface area contributed by atoms with Crippen molar-refractivity contribution in [2.45, 2.75) is 41.5 Å². The maximum Gasteiger partial charge on any atom is 0.0943 e. The fraction of sp³-hybridized carbons (Fsp3) is 0.684. The highest BCUT2D eigenvalue weighted by molar-refractivity contribution is 4.70. The molecule has 0 saturated heterocycles. The standard InChI is InChI=1S/C7H17NO.2C4H6N2.2C2H6/c1-4-8(5-2)6-7-9-3;2*1-6-3-2-5-4-6;2*1-2/h4-7H2,1-3H3;2*2-4H,1H3;2*1-2H3. The van der Waals surface area contributed by atoms with Crippen LogP contribution in [-0.4, -0.2) is 57.4 Å². The number of nitrogens with zero attached hydrogens (tertiary/aromatic N) is 5. The number of imidazole rings is 2. The summed E-state index contributed by atoms with van der Waals surface area (Å²) >= 11 is 0. The first-order chi connectivity index (χ1) is 12.1. The van der Waals surface area contributed by atoms with Crippen molar-refractivity contribution in [2.24, 2.45) is 14.1 Å². The molecule has 148 valence electrons. The van der Waals surface area contributed by atoms with Crippen molar-refractivity contribution in [3.05, 3.63) is 37.4 Å². The van der Waals surface area contributed by atoms with Gasteiger partial charge < -0.3 is 18.8 Å². The molecule has 0 fully saturated rings.